The normalized spacial score (nSPS) is 21.3. The zero-order valence-electron chi connectivity index (χ0n) is 33.5. The highest BCUT2D eigenvalue weighted by Crippen LogP contribution is 2.24. The minimum atomic E-state index is -4.60. The lowest BCUT2D eigenvalue weighted by molar-refractivity contribution is -0.297. The summed E-state index contributed by atoms with van der Waals surface area (Å²) in [7, 11) is -4.60. The van der Waals surface area contributed by atoms with Gasteiger partial charge in [0, 0.05) is 12.8 Å². The molecule has 0 bridgehead atoms. The van der Waals surface area contributed by atoms with Gasteiger partial charge in [0.2, 0.25) is 0 Å². The molecule has 1 aliphatic heterocycles. The third-order valence-corrected chi connectivity index (χ3v) is 9.89. The number of hydrogen-bond acceptors (Lipinski definition) is 11. The molecule has 1 rings (SSSR count). The molecule has 55 heavy (non-hydrogen) atoms. The number of hydrogen-bond donors (Lipinski definition) is 4. The topological polar surface area (TPSA) is 186 Å². The molecule has 6 atom stereocenters. The van der Waals surface area contributed by atoms with Gasteiger partial charge in [-0.1, -0.05) is 133 Å². The molecule has 1 heterocycles. The molecular weight excluding hydrogens is 729 g/mol. The molecule has 0 aliphatic carbocycles. The fraction of sp³-hybridized carbons (Fsp3) is 0.762. The molecule has 0 aromatic rings. The molecule has 0 aromatic heterocycles. The lowest BCUT2D eigenvalue weighted by atomic mass is 10.00. The highest BCUT2D eigenvalue weighted by Gasteiger charge is 2.46. The Morgan fingerprint density at radius 3 is 1.69 bits per heavy atom. The number of rotatable bonds is 33. The number of aliphatic hydroxyl groups is 3. The van der Waals surface area contributed by atoms with Gasteiger partial charge in [-0.25, -0.2) is 0 Å². The maximum atomic E-state index is 12.7. The lowest BCUT2D eigenvalue weighted by Crippen LogP contribution is -2.60. The molecule has 0 radical (unpaired) electrons. The van der Waals surface area contributed by atoms with Crippen molar-refractivity contribution < 1.29 is 56.8 Å². The van der Waals surface area contributed by atoms with Crippen LogP contribution < -0.4 is 0 Å². The van der Waals surface area contributed by atoms with Crippen molar-refractivity contribution >= 4 is 22.1 Å². The molecule has 1 aliphatic rings. The monoisotopic (exact) mass is 800 g/mol. The van der Waals surface area contributed by atoms with Gasteiger partial charge >= 0.3 is 11.9 Å². The first-order chi connectivity index (χ1) is 26.5. The summed E-state index contributed by atoms with van der Waals surface area (Å²) in [5.74, 6) is -2.03. The first-order valence-electron chi connectivity index (χ1n) is 20.7. The number of ether oxygens (including phenoxy) is 4. The Bertz CT molecular complexity index is 1210. The number of aliphatic hydroxyl groups excluding tert-OH is 3. The predicted molar refractivity (Wildman–Crippen MR) is 215 cm³/mol. The second-order valence-electron chi connectivity index (χ2n) is 14.3. The van der Waals surface area contributed by atoms with E-state index in [-0.39, 0.29) is 19.4 Å². The Morgan fingerprint density at radius 2 is 1.13 bits per heavy atom. The van der Waals surface area contributed by atoms with Crippen LogP contribution in [-0.4, -0.2) is 96.0 Å². The van der Waals surface area contributed by atoms with Crippen LogP contribution in [0.4, 0.5) is 0 Å². The van der Waals surface area contributed by atoms with Gasteiger partial charge in [-0.3, -0.25) is 14.1 Å². The van der Waals surface area contributed by atoms with E-state index in [2.05, 4.69) is 62.5 Å². The Morgan fingerprint density at radius 1 is 0.618 bits per heavy atom. The summed E-state index contributed by atoms with van der Waals surface area (Å²) >= 11 is 0. The van der Waals surface area contributed by atoms with E-state index < -0.39 is 71.2 Å². The standard InChI is InChI=1S/C42H72O12S/c1-3-5-7-9-11-13-15-16-17-18-19-20-21-23-24-26-28-30-37(43)51-32-35(53-38(44)31-29-27-25-22-14-12-10-8-6-4-2)33-52-42-41(47)40(46)39(45)36(54-42)34-55(48,49)50/h7,9,13,15,17-18,20-21,35-36,39-42,45-47H,3-6,8,10-12,14,16,19,22-34H2,1-2H3,(H,48,49,50)/b9-7+,15-13+,18-17+,21-20+/t35-,36-,39-,40?,41?,42+/m1/s1. The molecule has 2 unspecified atom stereocenters. The van der Waals surface area contributed by atoms with E-state index in [0.717, 1.165) is 64.2 Å². The van der Waals surface area contributed by atoms with Crippen LogP contribution >= 0.6 is 0 Å². The average molecular weight is 801 g/mol. The molecule has 13 heteroatoms. The van der Waals surface area contributed by atoms with Crippen LogP contribution in [0.5, 0.6) is 0 Å². The van der Waals surface area contributed by atoms with Crippen LogP contribution in [0.25, 0.3) is 0 Å². The summed E-state index contributed by atoms with van der Waals surface area (Å²) in [5.41, 5.74) is 0. The predicted octanol–water partition coefficient (Wildman–Crippen LogP) is 7.61. The summed E-state index contributed by atoms with van der Waals surface area (Å²) in [6, 6.07) is 0. The number of carbonyl (C=O) groups is 2. The van der Waals surface area contributed by atoms with Gasteiger partial charge in [0.15, 0.2) is 12.4 Å². The van der Waals surface area contributed by atoms with E-state index in [4.69, 9.17) is 18.9 Å². The Kier molecular flexibility index (Phi) is 30.1. The Hall–Kier alpha value is -2.39. The summed E-state index contributed by atoms with van der Waals surface area (Å²) in [4.78, 5) is 25.3. The van der Waals surface area contributed by atoms with Crippen molar-refractivity contribution in [2.75, 3.05) is 19.0 Å². The van der Waals surface area contributed by atoms with Gasteiger partial charge in [-0.2, -0.15) is 8.42 Å². The average Bonchev–Trinajstić information content (AvgIpc) is 3.14. The minimum Gasteiger partial charge on any atom is -0.462 e. The summed E-state index contributed by atoms with van der Waals surface area (Å²) < 4.78 is 53.8. The van der Waals surface area contributed by atoms with E-state index in [1.54, 1.807) is 0 Å². The molecule has 1 fully saturated rings. The maximum absolute atomic E-state index is 12.7. The third kappa shape index (κ3) is 27.8. The quantitative estimate of drug-likeness (QED) is 0.0221. The van der Waals surface area contributed by atoms with Crippen LogP contribution in [-0.2, 0) is 38.7 Å². The summed E-state index contributed by atoms with van der Waals surface area (Å²) in [6.45, 7) is 3.62. The van der Waals surface area contributed by atoms with Gasteiger partial charge in [-0.15, -0.1) is 0 Å². The van der Waals surface area contributed by atoms with Crippen LogP contribution in [0.1, 0.15) is 149 Å². The van der Waals surface area contributed by atoms with Crippen LogP contribution in [0.3, 0.4) is 0 Å². The third-order valence-electron chi connectivity index (χ3n) is 9.14. The van der Waals surface area contributed by atoms with Crippen molar-refractivity contribution in [2.24, 2.45) is 0 Å². The van der Waals surface area contributed by atoms with Crippen molar-refractivity contribution in [3.8, 4) is 0 Å². The maximum Gasteiger partial charge on any atom is 0.306 e. The van der Waals surface area contributed by atoms with Crippen molar-refractivity contribution in [1.82, 2.24) is 0 Å². The van der Waals surface area contributed by atoms with E-state index in [1.807, 2.05) is 0 Å². The fourth-order valence-corrected chi connectivity index (χ4v) is 6.59. The first kappa shape index (κ1) is 50.6. The van der Waals surface area contributed by atoms with Gasteiger partial charge in [0.25, 0.3) is 10.1 Å². The molecule has 318 valence electrons. The minimum absolute atomic E-state index is 0.157. The molecule has 1 saturated heterocycles. The molecule has 0 saturated carbocycles. The van der Waals surface area contributed by atoms with Crippen molar-refractivity contribution in [3.05, 3.63) is 48.6 Å². The van der Waals surface area contributed by atoms with E-state index in [0.29, 0.717) is 12.8 Å². The van der Waals surface area contributed by atoms with Crippen LogP contribution in [0.2, 0.25) is 0 Å². The fourth-order valence-electron chi connectivity index (χ4n) is 5.90. The molecular formula is C42H72O12S. The zero-order valence-corrected chi connectivity index (χ0v) is 34.3. The number of carbonyl (C=O) groups excluding carboxylic acids is 2. The summed E-state index contributed by atoms with van der Waals surface area (Å²) in [6.07, 6.45) is 27.4. The van der Waals surface area contributed by atoms with Crippen molar-refractivity contribution in [3.63, 3.8) is 0 Å². The van der Waals surface area contributed by atoms with E-state index in [1.165, 1.54) is 44.9 Å². The van der Waals surface area contributed by atoms with Gasteiger partial charge in [0.05, 0.1) is 6.61 Å². The lowest BCUT2D eigenvalue weighted by Gasteiger charge is -2.40. The smallest absolute Gasteiger partial charge is 0.306 e. The Labute approximate surface area is 331 Å². The second kappa shape index (κ2) is 32.7. The van der Waals surface area contributed by atoms with Crippen LogP contribution in [0, 0.1) is 0 Å². The molecule has 0 amide bonds. The zero-order chi connectivity index (χ0) is 40.6. The van der Waals surface area contributed by atoms with Crippen molar-refractivity contribution in [2.45, 2.75) is 185 Å². The van der Waals surface area contributed by atoms with E-state index >= 15 is 0 Å². The molecule has 12 nitrogen and oxygen atoms in total. The number of unbranched alkanes of at least 4 members (excludes halogenated alkanes) is 13. The van der Waals surface area contributed by atoms with Gasteiger partial charge in [0.1, 0.15) is 36.8 Å². The van der Waals surface area contributed by atoms with Gasteiger partial charge < -0.3 is 34.3 Å². The van der Waals surface area contributed by atoms with Crippen LogP contribution in [0.15, 0.2) is 48.6 Å². The second-order valence-corrected chi connectivity index (χ2v) is 15.8. The van der Waals surface area contributed by atoms with Gasteiger partial charge in [-0.05, 0) is 51.4 Å². The number of esters is 2. The van der Waals surface area contributed by atoms with E-state index in [9.17, 15) is 37.9 Å². The molecule has 0 spiro atoms. The highest BCUT2D eigenvalue weighted by molar-refractivity contribution is 7.85. The largest absolute Gasteiger partial charge is 0.462 e. The SMILES string of the molecule is CCC/C=C/C/C=C/C/C=C/C/C=C/CCCCCC(=O)OC[C@H](CO[C@H]1O[C@H](CS(=O)(=O)O)[C@@H](O)C(O)C1O)OC(=O)CCCCCCCCCCCC. The Balaban J connectivity index is 2.50. The van der Waals surface area contributed by atoms with Crippen molar-refractivity contribution in [1.29, 1.82) is 0 Å². The first-order valence-corrected chi connectivity index (χ1v) is 22.3. The summed E-state index contributed by atoms with van der Waals surface area (Å²) in [5, 5.41) is 30.8. The number of allylic oxidation sites excluding steroid dienone is 8. The highest BCUT2D eigenvalue weighted by atomic mass is 32.2. The molecule has 4 N–H and O–H groups in total. The molecule has 0 aromatic carbocycles.